The fourth-order valence-electron chi connectivity index (χ4n) is 3.05. The molecular weight excluding hydrogens is 276 g/mol. The highest BCUT2D eigenvalue weighted by Crippen LogP contribution is 2.13. The minimum absolute atomic E-state index is 0.926. The summed E-state index contributed by atoms with van der Waals surface area (Å²) in [4.78, 5) is 5.03. The summed E-state index contributed by atoms with van der Waals surface area (Å²) < 4.78 is 7.70. The number of rotatable bonds is 5. The van der Waals surface area contributed by atoms with E-state index in [0.717, 1.165) is 57.3 Å². The molecular formula is C17H26N4O. The minimum Gasteiger partial charge on any atom is -0.465 e. The highest BCUT2D eigenvalue weighted by Gasteiger charge is 2.16. The fourth-order valence-corrected chi connectivity index (χ4v) is 3.05. The third kappa shape index (κ3) is 3.99. The molecule has 5 heteroatoms. The molecule has 0 unspecified atom stereocenters. The normalized spacial score (nSPS) is 17.7. The Bertz CT molecular complexity index is 589. The first kappa shape index (κ1) is 15.3. The SMILES string of the molecule is CCn1cc(CN2CCCN(Cc3ccc(C)o3)CC2)cn1. The summed E-state index contributed by atoms with van der Waals surface area (Å²) in [5, 5.41) is 4.36. The number of aromatic nitrogens is 2. The number of aryl methyl sites for hydroxylation is 2. The van der Waals surface area contributed by atoms with Crippen molar-refractivity contribution in [3.8, 4) is 0 Å². The number of hydrogen-bond acceptors (Lipinski definition) is 4. The Morgan fingerprint density at radius 1 is 1.09 bits per heavy atom. The summed E-state index contributed by atoms with van der Waals surface area (Å²) in [7, 11) is 0. The predicted molar refractivity (Wildman–Crippen MR) is 86.5 cm³/mol. The standard InChI is InChI=1S/C17H26N4O/c1-3-21-13-16(11-18-21)12-19-7-4-8-20(10-9-19)14-17-6-5-15(2)22-17/h5-6,11,13H,3-4,7-10,12,14H2,1-2H3. The van der Waals surface area contributed by atoms with Crippen LogP contribution in [0, 0.1) is 6.92 Å². The molecule has 0 spiro atoms. The van der Waals surface area contributed by atoms with E-state index in [1.54, 1.807) is 0 Å². The van der Waals surface area contributed by atoms with Gasteiger partial charge in [-0.05, 0) is 45.5 Å². The molecule has 22 heavy (non-hydrogen) atoms. The second-order valence-electron chi connectivity index (χ2n) is 6.12. The Morgan fingerprint density at radius 2 is 1.86 bits per heavy atom. The van der Waals surface area contributed by atoms with E-state index < -0.39 is 0 Å². The van der Waals surface area contributed by atoms with Crippen molar-refractivity contribution >= 4 is 0 Å². The van der Waals surface area contributed by atoms with Crippen LogP contribution in [0.4, 0.5) is 0 Å². The van der Waals surface area contributed by atoms with Gasteiger partial charge in [0.2, 0.25) is 0 Å². The third-order valence-corrected chi connectivity index (χ3v) is 4.27. The first-order chi connectivity index (χ1) is 10.7. The van der Waals surface area contributed by atoms with Crippen LogP contribution in [0.15, 0.2) is 28.9 Å². The van der Waals surface area contributed by atoms with Crippen molar-refractivity contribution in [1.29, 1.82) is 0 Å². The van der Waals surface area contributed by atoms with Gasteiger partial charge in [0.25, 0.3) is 0 Å². The van der Waals surface area contributed by atoms with Crippen LogP contribution in [0.2, 0.25) is 0 Å². The summed E-state index contributed by atoms with van der Waals surface area (Å²) in [6, 6.07) is 4.14. The van der Waals surface area contributed by atoms with Crippen molar-refractivity contribution in [3.05, 3.63) is 41.6 Å². The molecule has 1 saturated heterocycles. The van der Waals surface area contributed by atoms with E-state index in [9.17, 15) is 0 Å². The molecule has 3 heterocycles. The van der Waals surface area contributed by atoms with E-state index in [0.29, 0.717) is 0 Å². The quantitative estimate of drug-likeness (QED) is 0.850. The average molecular weight is 302 g/mol. The highest BCUT2D eigenvalue weighted by atomic mass is 16.3. The molecule has 0 aliphatic carbocycles. The molecule has 2 aromatic heterocycles. The summed E-state index contributed by atoms with van der Waals surface area (Å²) >= 11 is 0. The van der Waals surface area contributed by atoms with Gasteiger partial charge < -0.3 is 4.42 Å². The molecule has 1 fully saturated rings. The lowest BCUT2D eigenvalue weighted by molar-refractivity contribution is 0.233. The fraction of sp³-hybridized carbons (Fsp3) is 0.588. The molecule has 1 aliphatic rings. The number of furan rings is 1. The molecule has 120 valence electrons. The predicted octanol–water partition coefficient (Wildman–Crippen LogP) is 2.51. The van der Waals surface area contributed by atoms with Gasteiger partial charge in [0.15, 0.2) is 0 Å². The van der Waals surface area contributed by atoms with E-state index >= 15 is 0 Å². The smallest absolute Gasteiger partial charge is 0.118 e. The first-order valence-corrected chi connectivity index (χ1v) is 8.24. The van der Waals surface area contributed by atoms with Gasteiger partial charge in [-0.25, -0.2) is 0 Å². The van der Waals surface area contributed by atoms with Gasteiger partial charge >= 0.3 is 0 Å². The van der Waals surface area contributed by atoms with Gasteiger partial charge in [-0.1, -0.05) is 0 Å². The van der Waals surface area contributed by atoms with Crippen molar-refractivity contribution in [2.24, 2.45) is 0 Å². The van der Waals surface area contributed by atoms with Crippen molar-refractivity contribution in [3.63, 3.8) is 0 Å². The van der Waals surface area contributed by atoms with Crippen LogP contribution >= 0.6 is 0 Å². The Balaban J connectivity index is 1.51. The van der Waals surface area contributed by atoms with Gasteiger partial charge in [0.05, 0.1) is 12.7 Å². The summed E-state index contributed by atoms with van der Waals surface area (Å²) in [6.45, 7) is 11.5. The maximum atomic E-state index is 5.70. The van der Waals surface area contributed by atoms with Crippen LogP contribution in [0.25, 0.3) is 0 Å². The summed E-state index contributed by atoms with van der Waals surface area (Å²) in [5.41, 5.74) is 1.32. The van der Waals surface area contributed by atoms with E-state index in [1.165, 1.54) is 12.0 Å². The molecule has 0 radical (unpaired) electrons. The van der Waals surface area contributed by atoms with Crippen molar-refractivity contribution in [2.45, 2.75) is 39.9 Å². The van der Waals surface area contributed by atoms with Crippen molar-refractivity contribution < 1.29 is 4.42 Å². The van der Waals surface area contributed by atoms with Crippen molar-refractivity contribution in [1.82, 2.24) is 19.6 Å². The van der Waals surface area contributed by atoms with Crippen molar-refractivity contribution in [2.75, 3.05) is 26.2 Å². The third-order valence-electron chi connectivity index (χ3n) is 4.27. The Kier molecular flexibility index (Phi) is 4.95. The van der Waals surface area contributed by atoms with Crippen LogP contribution in [-0.4, -0.2) is 45.8 Å². The molecule has 0 atom stereocenters. The molecule has 0 aromatic carbocycles. The van der Waals surface area contributed by atoms with E-state index in [-0.39, 0.29) is 0 Å². The molecule has 3 rings (SSSR count). The molecule has 0 amide bonds. The lowest BCUT2D eigenvalue weighted by Gasteiger charge is -2.20. The first-order valence-electron chi connectivity index (χ1n) is 8.24. The summed E-state index contributed by atoms with van der Waals surface area (Å²) in [6.07, 6.45) is 5.37. The zero-order valence-corrected chi connectivity index (χ0v) is 13.7. The molecule has 2 aromatic rings. The molecule has 0 saturated carbocycles. The van der Waals surface area contributed by atoms with E-state index in [4.69, 9.17) is 4.42 Å². The minimum atomic E-state index is 0.926. The van der Waals surface area contributed by atoms with Crippen LogP contribution in [0.5, 0.6) is 0 Å². The molecule has 1 aliphatic heterocycles. The molecule has 0 bridgehead atoms. The topological polar surface area (TPSA) is 37.4 Å². The largest absolute Gasteiger partial charge is 0.465 e. The van der Waals surface area contributed by atoms with E-state index in [1.807, 2.05) is 23.9 Å². The zero-order chi connectivity index (χ0) is 15.4. The Labute approximate surface area is 132 Å². The van der Waals surface area contributed by atoms with Gasteiger partial charge in [-0.2, -0.15) is 5.10 Å². The maximum absolute atomic E-state index is 5.70. The highest BCUT2D eigenvalue weighted by molar-refractivity contribution is 5.06. The molecule has 0 N–H and O–H groups in total. The zero-order valence-electron chi connectivity index (χ0n) is 13.7. The van der Waals surface area contributed by atoms with Crippen LogP contribution in [0.1, 0.15) is 30.4 Å². The van der Waals surface area contributed by atoms with Gasteiger partial charge in [0, 0.05) is 37.9 Å². The lowest BCUT2D eigenvalue weighted by atomic mass is 10.3. The van der Waals surface area contributed by atoms with E-state index in [2.05, 4.69) is 34.1 Å². The number of hydrogen-bond donors (Lipinski definition) is 0. The maximum Gasteiger partial charge on any atom is 0.118 e. The summed E-state index contributed by atoms with van der Waals surface area (Å²) in [5.74, 6) is 2.08. The monoisotopic (exact) mass is 302 g/mol. The van der Waals surface area contributed by atoms with Gasteiger partial charge in [-0.15, -0.1) is 0 Å². The Morgan fingerprint density at radius 3 is 2.50 bits per heavy atom. The van der Waals surface area contributed by atoms with Gasteiger partial charge in [0.1, 0.15) is 11.5 Å². The van der Waals surface area contributed by atoms with Crippen LogP contribution < -0.4 is 0 Å². The molecule has 5 nitrogen and oxygen atoms in total. The second-order valence-corrected chi connectivity index (χ2v) is 6.12. The Hall–Kier alpha value is -1.59. The average Bonchev–Trinajstić information content (AvgIpc) is 3.06. The van der Waals surface area contributed by atoms with Crippen LogP contribution in [0.3, 0.4) is 0 Å². The van der Waals surface area contributed by atoms with Gasteiger partial charge in [-0.3, -0.25) is 14.5 Å². The van der Waals surface area contributed by atoms with Crippen LogP contribution in [-0.2, 0) is 19.6 Å². The number of nitrogens with zero attached hydrogens (tertiary/aromatic N) is 4. The lowest BCUT2D eigenvalue weighted by Crippen LogP contribution is -2.30. The second kappa shape index (κ2) is 7.11.